The van der Waals surface area contributed by atoms with E-state index in [-0.39, 0.29) is 58.9 Å². The van der Waals surface area contributed by atoms with Gasteiger partial charge in [-0.3, -0.25) is 0 Å². The standard InChI is InChI=1S/C10H9.3ClH.Ti/c1-8-6-7-9-4-2-3-5-10(8)9;;;;/h2-7H,1H3;3*1H;/q-1;;;;+4/p-3. The van der Waals surface area contributed by atoms with Crippen molar-refractivity contribution in [2.24, 2.45) is 0 Å². The molecule has 2 rings (SSSR count). The fourth-order valence-electron chi connectivity index (χ4n) is 1.31. The zero-order valence-corrected chi connectivity index (χ0v) is 11.4. The van der Waals surface area contributed by atoms with Crippen molar-refractivity contribution in [3.05, 3.63) is 42.0 Å². The third-order valence-corrected chi connectivity index (χ3v) is 1.90. The molecule has 0 bridgehead atoms. The molecule has 0 radical (unpaired) electrons. The summed E-state index contributed by atoms with van der Waals surface area (Å²) in [4.78, 5) is 0. The predicted octanol–water partition coefficient (Wildman–Crippen LogP) is -6.12. The Morgan fingerprint density at radius 3 is 2.14 bits per heavy atom. The Kier molecular flexibility index (Phi) is 12.4. The monoisotopic (exact) mass is 282 g/mol. The quantitative estimate of drug-likeness (QED) is 0.333. The third kappa shape index (κ3) is 3.88. The van der Waals surface area contributed by atoms with Gasteiger partial charge in [0, 0.05) is 0 Å². The Morgan fingerprint density at radius 1 is 1.00 bits per heavy atom. The van der Waals surface area contributed by atoms with Crippen LogP contribution in [0, 0.1) is 6.92 Å². The molecule has 0 nitrogen and oxygen atoms in total. The first-order valence-corrected chi connectivity index (χ1v) is 3.49. The van der Waals surface area contributed by atoms with E-state index in [2.05, 4.69) is 43.3 Å². The summed E-state index contributed by atoms with van der Waals surface area (Å²) in [6.45, 7) is 2.14. The Morgan fingerprint density at radius 2 is 1.57 bits per heavy atom. The minimum absolute atomic E-state index is 0. The number of fused-ring (bicyclic) bond motifs is 1. The van der Waals surface area contributed by atoms with Gasteiger partial charge in [0.25, 0.3) is 0 Å². The minimum atomic E-state index is 0. The normalized spacial score (nSPS) is 7.50. The summed E-state index contributed by atoms with van der Waals surface area (Å²) in [7, 11) is 0. The molecule has 2 aromatic rings. The summed E-state index contributed by atoms with van der Waals surface area (Å²) in [6, 6.07) is 12.8. The number of aryl methyl sites for hydroxylation is 1. The number of halogens is 3. The van der Waals surface area contributed by atoms with Gasteiger partial charge in [-0.05, 0) is 0 Å². The van der Waals surface area contributed by atoms with Crippen molar-refractivity contribution in [3.8, 4) is 0 Å². The van der Waals surface area contributed by atoms with Crippen LogP contribution in [0.2, 0.25) is 0 Å². The summed E-state index contributed by atoms with van der Waals surface area (Å²) < 4.78 is 0. The first-order chi connectivity index (χ1) is 4.88. The van der Waals surface area contributed by atoms with Crippen LogP contribution in [0.1, 0.15) is 5.56 Å². The maximum atomic E-state index is 2.16. The van der Waals surface area contributed by atoms with Gasteiger partial charge in [-0.1, -0.05) is 13.0 Å². The van der Waals surface area contributed by atoms with Crippen molar-refractivity contribution in [1.82, 2.24) is 0 Å². The number of rotatable bonds is 0. The second-order valence-electron chi connectivity index (χ2n) is 2.60. The van der Waals surface area contributed by atoms with Gasteiger partial charge >= 0.3 is 21.7 Å². The fraction of sp³-hybridized carbons (Fsp3) is 0.100. The van der Waals surface area contributed by atoms with E-state index < -0.39 is 0 Å². The average Bonchev–Trinajstić information content (AvgIpc) is 2.34. The number of hydrogen-bond acceptors (Lipinski definition) is 0. The molecule has 0 amide bonds. The molecule has 0 fully saturated rings. The second kappa shape index (κ2) is 8.70. The molecule has 4 heteroatoms. The van der Waals surface area contributed by atoms with E-state index in [0.29, 0.717) is 0 Å². The summed E-state index contributed by atoms with van der Waals surface area (Å²) in [5.41, 5.74) is 1.37. The van der Waals surface area contributed by atoms with Crippen molar-refractivity contribution < 1.29 is 58.9 Å². The molecule has 0 aromatic heterocycles. The van der Waals surface area contributed by atoms with Crippen LogP contribution >= 0.6 is 0 Å². The Balaban J connectivity index is -0.000000302. The molecular formula is C10H9Cl3Ti. The zero-order valence-electron chi connectivity index (χ0n) is 7.60. The second-order valence-corrected chi connectivity index (χ2v) is 2.60. The van der Waals surface area contributed by atoms with E-state index in [9.17, 15) is 0 Å². The van der Waals surface area contributed by atoms with Gasteiger partial charge in [0.15, 0.2) is 0 Å². The van der Waals surface area contributed by atoms with Crippen molar-refractivity contribution in [1.29, 1.82) is 0 Å². The van der Waals surface area contributed by atoms with Gasteiger partial charge in [0.1, 0.15) is 0 Å². The Bertz CT molecular complexity index is 357. The van der Waals surface area contributed by atoms with Crippen LogP contribution in [0.25, 0.3) is 10.8 Å². The van der Waals surface area contributed by atoms with Crippen LogP contribution < -0.4 is 37.2 Å². The first-order valence-electron chi connectivity index (χ1n) is 3.49. The van der Waals surface area contributed by atoms with E-state index in [4.69, 9.17) is 0 Å². The SMILES string of the molecule is Cc1c[cH-]c2ccccc12.[Cl-].[Cl-].[Cl-].[Ti+4]. The van der Waals surface area contributed by atoms with Crippen LogP contribution in [0.4, 0.5) is 0 Å². The molecule has 0 unspecified atom stereocenters. The summed E-state index contributed by atoms with van der Waals surface area (Å²) in [5, 5.41) is 2.72. The summed E-state index contributed by atoms with van der Waals surface area (Å²) in [6.07, 6.45) is 0. The van der Waals surface area contributed by atoms with E-state index in [0.717, 1.165) is 0 Å². The molecule has 0 spiro atoms. The molecule has 0 atom stereocenters. The van der Waals surface area contributed by atoms with Crippen molar-refractivity contribution in [3.63, 3.8) is 0 Å². The van der Waals surface area contributed by atoms with Crippen LogP contribution in [-0.4, -0.2) is 0 Å². The van der Waals surface area contributed by atoms with Crippen molar-refractivity contribution >= 4 is 10.8 Å². The average molecular weight is 283 g/mol. The summed E-state index contributed by atoms with van der Waals surface area (Å²) >= 11 is 0. The van der Waals surface area contributed by atoms with E-state index in [1.165, 1.54) is 16.3 Å². The van der Waals surface area contributed by atoms with Crippen LogP contribution in [0.5, 0.6) is 0 Å². The predicted molar refractivity (Wildman–Crippen MR) is 44.3 cm³/mol. The smallest absolute Gasteiger partial charge is 1.00 e. The topological polar surface area (TPSA) is 0 Å². The molecule has 0 aliphatic carbocycles. The number of hydrogen-bond donors (Lipinski definition) is 0. The van der Waals surface area contributed by atoms with Crippen LogP contribution in [0.3, 0.4) is 0 Å². The molecule has 0 heterocycles. The van der Waals surface area contributed by atoms with Crippen LogP contribution in [0.15, 0.2) is 36.4 Å². The number of benzene rings is 1. The molecule has 2 aromatic carbocycles. The minimum Gasteiger partial charge on any atom is -1.00 e. The largest absolute Gasteiger partial charge is 4.00 e. The fourth-order valence-corrected chi connectivity index (χ4v) is 1.31. The molecule has 0 N–H and O–H groups in total. The Labute approximate surface area is 118 Å². The van der Waals surface area contributed by atoms with Gasteiger partial charge in [0.05, 0.1) is 0 Å². The van der Waals surface area contributed by atoms with Gasteiger partial charge in [-0.15, -0.1) is 35.0 Å². The molecule has 74 valence electrons. The van der Waals surface area contributed by atoms with Gasteiger partial charge < -0.3 is 37.2 Å². The van der Waals surface area contributed by atoms with E-state index >= 15 is 0 Å². The molecule has 0 saturated carbocycles. The van der Waals surface area contributed by atoms with Gasteiger partial charge in [0.2, 0.25) is 0 Å². The van der Waals surface area contributed by atoms with Gasteiger partial charge in [-0.25, -0.2) is 0 Å². The van der Waals surface area contributed by atoms with E-state index in [1.54, 1.807) is 0 Å². The zero-order chi connectivity index (χ0) is 6.97. The van der Waals surface area contributed by atoms with Crippen LogP contribution in [-0.2, 0) is 21.7 Å². The maximum absolute atomic E-state index is 2.16. The van der Waals surface area contributed by atoms with Crippen molar-refractivity contribution in [2.75, 3.05) is 0 Å². The first kappa shape index (κ1) is 19.9. The molecular weight excluding hydrogens is 274 g/mol. The van der Waals surface area contributed by atoms with Crippen molar-refractivity contribution in [2.45, 2.75) is 6.92 Å². The van der Waals surface area contributed by atoms with E-state index in [1.807, 2.05) is 0 Å². The third-order valence-electron chi connectivity index (χ3n) is 1.90. The van der Waals surface area contributed by atoms with Gasteiger partial charge in [-0.2, -0.15) is 11.6 Å². The molecule has 0 aliphatic heterocycles. The maximum Gasteiger partial charge on any atom is 4.00 e. The molecule has 0 saturated heterocycles. The Hall–Kier alpha value is 0.414. The molecule has 14 heavy (non-hydrogen) atoms. The molecule has 0 aliphatic rings. The summed E-state index contributed by atoms with van der Waals surface area (Å²) in [5.74, 6) is 0.